The lowest BCUT2D eigenvalue weighted by molar-refractivity contribution is 0.102. The van der Waals surface area contributed by atoms with Gasteiger partial charge in [-0.15, -0.1) is 0 Å². The highest BCUT2D eigenvalue weighted by Gasteiger charge is 2.12. The summed E-state index contributed by atoms with van der Waals surface area (Å²) in [6, 6.07) is 14.9. The molecule has 0 saturated heterocycles. The fourth-order valence-electron chi connectivity index (χ4n) is 1.91. The Hall–Kier alpha value is -1.94. The highest BCUT2D eigenvalue weighted by atomic mass is 32.2. The van der Waals surface area contributed by atoms with E-state index in [1.54, 1.807) is 12.1 Å². The van der Waals surface area contributed by atoms with Crippen LogP contribution in [0.3, 0.4) is 0 Å². The van der Waals surface area contributed by atoms with Crippen LogP contribution >= 0.6 is 0 Å². The number of thiol groups is 1. The third-order valence-corrected chi connectivity index (χ3v) is 3.41. The maximum Gasteiger partial charge on any atom is 0.178 e. The molecule has 2 aromatic rings. The van der Waals surface area contributed by atoms with Crippen molar-refractivity contribution >= 4 is 16.5 Å². The Morgan fingerprint density at radius 3 is 2.26 bits per heavy atom. The summed E-state index contributed by atoms with van der Waals surface area (Å²) in [5, 5.41) is 0. The Labute approximate surface area is 113 Å². The smallest absolute Gasteiger partial charge is 0.178 e. The van der Waals surface area contributed by atoms with Crippen molar-refractivity contribution in [2.24, 2.45) is 0 Å². The predicted molar refractivity (Wildman–Crippen MR) is 76.1 cm³/mol. The third-order valence-electron chi connectivity index (χ3n) is 2.86. The highest BCUT2D eigenvalue weighted by Crippen LogP contribution is 2.24. The molecule has 2 rings (SSSR count). The topological polar surface area (TPSA) is 51.2 Å². The molecule has 2 aromatic carbocycles. The molecule has 0 bridgehead atoms. The van der Waals surface area contributed by atoms with E-state index >= 15 is 0 Å². The molecule has 0 heterocycles. The van der Waals surface area contributed by atoms with Crippen LogP contribution in [0.2, 0.25) is 0 Å². The molecule has 0 spiro atoms. The molecule has 0 aliphatic rings. The minimum atomic E-state index is -2.70. The van der Waals surface area contributed by atoms with Crippen molar-refractivity contribution in [3.8, 4) is 11.1 Å². The first-order valence-electron chi connectivity index (χ1n) is 5.89. The van der Waals surface area contributed by atoms with E-state index < -0.39 is 16.5 Å². The van der Waals surface area contributed by atoms with Crippen LogP contribution in [0.1, 0.15) is 15.9 Å². The molecule has 3 nitrogen and oxygen atoms in total. The van der Waals surface area contributed by atoms with E-state index in [2.05, 4.69) is 0 Å². The van der Waals surface area contributed by atoms with Crippen LogP contribution in [0.5, 0.6) is 0 Å². The van der Waals surface area contributed by atoms with Gasteiger partial charge < -0.3 is 0 Å². The Balaban J connectivity index is 2.46. The molecule has 0 unspecified atom stereocenters. The van der Waals surface area contributed by atoms with Crippen LogP contribution in [0.15, 0.2) is 48.5 Å². The monoisotopic (exact) mass is 274 g/mol. The number of Topliss-reactive ketones (excluding diaryl/α,β-unsaturated/α-hetero) is 1. The number of carbonyl (C=O) groups is 1. The number of aryl methyl sites for hydroxylation is 1. The van der Waals surface area contributed by atoms with Crippen LogP contribution < -0.4 is 0 Å². The van der Waals surface area contributed by atoms with Crippen LogP contribution in [0, 0.1) is 6.92 Å². The van der Waals surface area contributed by atoms with E-state index in [-0.39, 0.29) is 5.78 Å². The normalized spacial score (nSPS) is 10.6. The Bertz CT molecular complexity index is 662. The summed E-state index contributed by atoms with van der Waals surface area (Å²) in [5.74, 6) is -0.814. The Morgan fingerprint density at radius 2 is 1.63 bits per heavy atom. The lowest BCUT2D eigenvalue weighted by Gasteiger charge is -2.08. The van der Waals surface area contributed by atoms with E-state index in [0.29, 0.717) is 5.56 Å². The fraction of sp³-hybridized carbons (Fsp3) is 0.133. The molecule has 0 aliphatic heterocycles. The van der Waals surface area contributed by atoms with E-state index in [1.165, 1.54) is 0 Å². The minimum Gasteiger partial charge on any atom is -0.293 e. The number of hydrogen-bond donors (Lipinski definition) is 1. The molecule has 0 atom stereocenters. The second-order valence-corrected chi connectivity index (χ2v) is 5.31. The van der Waals surface area contributed by atoms with Gasteiger partial charge in [0.25, 0.3) is 0 Å². The summed E-state index contributed by atoms with van der Waals surface area (Å²) >= 11 is 0. The number of carbonyl (C=O) groups excluding carboxylic acids is 1. The van der Waals surface area contributed by atoms with Gasteiger partial charge in [-0.2, -0.15) is 0 Å². The maximum absolute atomic E-state index is 11.9. The van der Waals surface area contributed by atoms with Gasteiger partial charge in [-0.05, 0) is 18.1 Å². The molecule has 98 valence electrons. The van der Waals surface area contributed by atoms with Crippen molar-refractivity contribution < 1.29 is 13.2 Å². The van der Waals surface area contributed by atoms with Crippen molar-refractivity contribution in [1.82, 2.24) is 0 Å². The summed E-state index contributed by atoms with van der Waals surface area (Å²) in [6.45, 7) is 1.99. The molecule has 0 aromatic heterocycles. The highest BCUT2D eigenvalue weighted by molar-refractivity contribution is 7.73. The van der Waals surface area contributed by atoms with E-state index in [4.69, 9.17) is 0 Å². The first-order valence-corrected chi connectivity index (χ1v) is 7.25. The van der Waals surface area contributed by atoms with Gasteiger partial charge in [0.2, 0.25) is 0 Å². The minimum absolute atomic E-state index is 0.368. The fourth-order valence-corrected chi connectivity index (χ4v) is 2.32. The molecular weight excluding hydrogens is 260 g/mol. The molecule has 0 amide bonds. The molecule has 0 radical (unpaired) electrons. The lowest BCUT2D eigenvalue weighted by atomic mass is 9.97. The van der Waals surface area contributed by atoms with Crippen LogP contribution in [-0.2, 0) is 10.7 Å². The van der Waals surface area contributed by atoms with E-state index in [9.17, 15) is 13.2 Å². The average Bonchev–Trinajstić information content (AvgIpc) is 2.39. The lowest BCUT2D eigenvalue weighted by Crippen LogP contribution is -2.08. The van der Waals surface area contributed by atoms with Gasteiger partial charge in [0.15, 0.2) is 5.78 Å². The Morgan fingerprint density at radius 1 is 1.00 bits per heavy atom. The standard InChI is InChI=1S/C15H14O3S/c1-11-6-8-12(9-7-11)13-4-2-3-5-14(13)15(16)10-19(17)18/h2-9,19H,10H2,1H3. The van der Waals surface area contributed by atoms with Crippen molar-refractivity contribution in [1.29, 1.82) is 0 Å². The quantitative estimate of drug-likeness (QED) is 0.688. The summed E-state index contributed by atoms with van der Waals surface area (Å²) in [4.78, 5) is 11.9. The molecule has 19 heavy (non-hydrogen) atoms. The second kappa shape index (κ2) is 5.80. The molecular formula is C15H14O3S. The zero-order chi connectivity index (χ0) is 13.8. The van der Waals surface area contributed by atoms with Gasteiger partial charge in [0, 0.05) is 5.56 Å². The van der Waals surface area contributed by atoms with Gasteiger partial charge in [-0.25, -0.2) is 8.42 Å². The molecule has 0 fully saturated rings. The SMILES string of the molecule is Cc1ccc(-c2ccccc2C(=O)C[SH](=O)=O)cc1. The van der Waals surface area contributed by atoms with Gasteiger partial charge in [0.1, 0.15) is 16.5 Å². The number of benzene rings is 2. The van der Waals surface area contributed by atoms with Crippen LogP contribution in [0.25, 0.3) is 11.1 Å². The predicted octanol–water partition coefficient (Wildman–Crippen LogP) is 2.46. The summed E-state index contributed by atoms with van der Waals surface area (Å²) < 4.78 is 21.4. The van der Waals surface area contributed by atoms with Gasteiger partial charge in [0.05, 0.1) is 0 Å². The Kier molecular flexibility index (Phi) is 4.12. The summed E-state index contributed by atoms with van der Waals surface area (Å²) in [7, 11) is -2.70. The molecule has 0 N–H and O–H groups in total. The van der Waals surface area contributed by atoms with Crippen molar-refractivity contribution in [2.45, 2.75) is 6.92 Å². The maximum atomic E-state index is 11.9. The summed E-state index contributed by atoms with van der Waals surface area (Å²) in [5.41, 5.74) is 3.26. The first-order chi connectivity index (χ1) is 9.08. The van der Waals surface area contributed by atoms with Crippen molar-refractivity contribution in [3.05, 3.63) is 59.7 Å². The van der Waals surface area contributed by atoms with E-state index in [0.717, 1.165) is 16.7 Å². The third kappa shape index (κ3) is 3.29. The molecule has 0 saturated carbocycles. The van der Waals surface area contributed by atoms with Gasteiger partial charge >= 0.3 is 0 Å². The van der Waals surface area contributed by atoms with Crippen LogP contribution in [0.4, 0.5) is 0 Å². The zero-order valence-electron chi connectivity index (χ0n) is 10.5. The number of hydrogen-bond acceptors (Lipinski definition) is 3. The number of rotatable bonds is 4. The van der Waals surface area contributed by atoms with E-state index in [1.807, 2.05) is 43.3 Å². The number of ketones is 1. The van der Waals surface area contributed by atoms with Crippen LogP contribution in [-0.4, -0.2) is 20.0 Å². The average molecular weight is 274 g/mol. The van der Waals surface area contributed by atoms with Gasteiger partial charge in [-0.1, -0.05) is 54.1 Å². The van der Waals surface area contributed by atoms with Crippen molar-refractivity contribution in [3.63, 3.8) is 0 Å². The second-order valence-electron chi connectivity index (χ2n) is 4.33. The first kappa shape index (κ1) is 13.5. The zero-order valence-corrected chi connectivity index (χ0v) is 11.4. The largest absolute Gasteiger partial charge is 0.293 e. The molecule has 0 aliphatic carbocycles. The van der Waals surface area contributed by atoms with Gasteiger partial charge in [-0.3, -0.25) is 4.79 Å². The summed E-state index contributed by atoms with van der Waals surface area (Å²) in [6.07, 6.45) is 0. The molecule has 4 heteroatoms. The van der Waals surface area contributed by atoms with Crippen molar-refractivity contribution in [2.75, 3.05) is 5.75 Å².